The predicted molar refractivity (Wildman–Crippen MR) is 95.0 cm³/mol. The van der Waals surface area contributed by atoms with Crippen LogP contribution < -0.4 is 10.6 Å². The molecule has 4 nitrogen and oxygen atoms in total. The lowest BCUT2D eigenvalue weighted by atomic mass is 10.00. The number of fused-ring (bicyclic) bond motifs is 1. The molecule has 2 aromatic rings. The number of carbonyl (C=O) groups is 1. The van der Waals surface area contributed by atoms with Gasteiger partial charge in [0.25, 0.3) is 5.91 Å². The number of methoxy groups -OCH3 is 1. The highest BCUT2D eigenvalue weighted by Crippen LogP contribution is 2.16. The summed E-state index contributed by atoms with van der Waals surface area (Å²) < 4.78 is 18.6. The SMILES string of the molecule is COCc1cc(CNC(=O)c2ccc3c(c2)CCNCC3)ccc1F. The quantitative estimate of drug-likeness (QED) is 0.878. The topological polar surface area (TPSA) is 50.4 Å². The maximum Gasteiger partial charge on any atom is 0.251 e. The summed E-state index contributed by atoms with van der Waals surface area (Å²) in [6.07, 6.45) is 1.93. The number of rotatable bonds is 5. The fraction of sp³-hybridized carbons (Fsp3) is 0.350. The lowest BCUT2D eigenvalue weighted by molar-refractivity contribution is 0.0951. The van der Waals surface area contributed by atoms with Crippen LogP contribution >= 0.6 is 0 Å². The van der Waals surface area contributed by atoms with Gasteiger partial charge in [0.2, 0.25) is 0 Å². The van der Waals surface area contributed by atoms with Crippen molar-refractivity contribution in [1.82, 2.24) is 10.6 Å². The smallest absolute Gasteiger partial charge is 0.251 e. The zero-order valence-electron chi connectivity index (χ0n) is 14.4. The van der Waals surface area contributed by atoms with Gasteiger partial charge >= 0.3 is 0 Å². The van der Waals surface area contributed by atoms with Gasteiger partial charge in [-0.1, -0.05) is 12.1 Å². The zero-order chi connectivity index (χ0) is 17.6. The molecular weight excluding hydrogens is 319 g/mol. The number of nitrogens with one attached hydrogen (secondary N) is 2. The van der Waals surface area contributed by atoms with Gasteiger partial charge in [-0.25, -0.2) is 4.39 Å². The average molecular weight is 342 g/mol. The van der Waals surface area contributed by atoms with Crippen molar-refractivity contribution in [3.05, 3.63) is 70.0 Å². The van der Waals surface area contributed by atoms with Crippen molar-refractivity contribution in [2.75, 3.05) is 20.2 Å². The summed E-state index contributed by atoms with van der Waals surface area (Å²) >= 11 is 0. The van der Waals surface area contributed by atoms with Crippen LogP contribution in [0.5, 0.6) is 0 Å². The second-order valence-corrected chi connectivity index (χ2v) is 6.27. The summed E-state index contributed by atoms with van der Waals surface area (Å²) in [7, 11) is 1.53. The molecule has 0 atom stereocenters. The number of benzene rings is 2. The lowest BCUT2D eigenvalue weighted by Crippen LogP contribution is -2.23. The molecule has 1 aliphatic heterocycles. The maximum atomic E-state index is 13.6. The van der Waals surface area contributed by atoms with Crippen LogP contribution in [0.2, 0.25) is 0 Å². The molecule has 2 aromatic carbocycles. The highest BCUT2D eigenvalue weighted by atomic mass is 19.1. The maximum absolute atomic E-state index is 13.6. The molecule has 1 amide bonds. The highest BCUT2D eigenvalue weighted by molar-refractivity contribution is 5.94. The number of amides is 1. The van der Waals surface area contributed by atoms with Gasteiger partial charge in [-0.2, -0.15) is 0 Å². The zero-order valence-corrected chi connectivity index (χ0v) is 14.4. The third kappa shape index (κ3) is 4.44. The highest BCUT2D eigenvalue weighted by Gasteiger charge is 2.12. The summed E-state index contributed by atoms with van der Waals surface area (Å²) in [5.41, 5.74) is 4.55. The number of halogens is 1. The van der Waals surface area contributed by atoms with Crippen LogP contribution in [-0.2, 0) is 30.7 Å². The minimum atomic E-state index is -0.295. The van der Waals surface area contributed by atoms with Crippen LogP contribution in [0.1, 0.15) is 32.6 Å². The summed E-state index contributed by atoms with van der Waals surface area (Å²) in [6.45, 7) is 2.49. The van der Waals surface area contributed by atoms with Gasteiger partial charge in [-0.15, -0.1) is 0 Å². The Morgan fingerprint density at radius 3 is 2.76 bits per heavy atom. The van der Waals surface area contributed by atoms with Gasteiger partial charge in [0.05, 0.1) is 6.61 Å². The van der Waals surface area contributed by atoms with E-state index < -0.39 is 0 Å². The molecule has 0 bridgehead atoms. The fourth-order valence-corrected chi connectivity index (χ4v) is 3.10. The van der Waals surface area contributed by atoms with E-state index >= 15 is 0 Å². The van der Waals surface area contributed by atoms with Gasteiger partial charge in [0.1, 0.15) is 5.82 Å². The Labute approximate surface area is 147 Å². The minimum absolute atomic E-state index is 0.113. The first-order valence-electron chi connectivity index (χ1n) is 8.54. The van der Waals surface area contributed by atoms with E-state index in [4.69, 9.17) is 4.74 Å². The molecule has 0 aliphatic carbocycles. The van der Waals surface area contributed by atoms with Crippen molar-refractivity contribution in [3.63, 3.8) is 0 Å². The Morgan fingerprint density at radius 2 is 1.96 bits per heavy atom. The average Bonchev–Trinajstić information content (AvgIpc) is 2.87. The van der Waals surface area contributed by atoms with Crippen LogP contribution in [0.4, 0.5) is 4.39 Å². The molecule has 0 aromatic heterocycles. The third-order valence-electron chi connectivity index (χ3n) is 4.47. The van der Waals surface area contributed by atoms with Crippen LogP contribution in [0.15, 0.2) is 36.4 Å². The van der Waals surface area contributed by atoms with Gasteiger partial charge in [0.15, 0.2) is 0 Å². The number of hydrogen-bond donors (Lipinski definition) is 2. The third-order valence-corrected chi connectivity index (χ3v) is 4.47. The fourth-order valence-electron chi connectivity index (χ4n) is 3.10. The van der Waals surface area contributed by atoms with Gasteiger partial charge < -0.3 is 15.4 Å². The molecule has 0 fully saturated rings. The minimum Gasteiger partial charge on any atom is -0.380 e. The van der Waals surface area contributed by atoms with Gasteiger partial charge in [-0.3, -0.25) is 4.79 Å². The first-order valence-corrected chi connectivity index (χ1v) is 8.54. The molecule has 1 heterocycles. The lowest BCUT2D eigenvalue weighted by Gasteiger charge is -2.10. The molecule has 5 heteroatoms. The molecule has 2 N–H and O–H groups in total. The summed E-state index contributed by atoms with van der Waals surface area (Å²) in [4.78, 5) is 12.4. The summed E-state index contributed by atoms with van der Waals surface area (Å²) in [5.74, 6) is -0.408. The Bertz CT molecular complexity index is 761. The summed E-state index contributed by atoms with van der Waals surface area (Å²) in [5, 5.41) is 6.28. The number of ether oxygens (including phenoxy) is 1. The molecule has 3 rings (SSSR count). The predicted octanol–water partition coefficient (Wildman–Crippen LogP) is 2.59. The molecule has 0 spiro atoms. The van der Waals surface area contributed by atoms with E-state index in [0.717, 1.165) is 31.5 Å². The van der Waals surface area contributed by atoms with Crippen molar-refractivity contribution in [2.45, 2.75) is 26.0 Å². The second kappa shape index (κ2) is 8.23. The van der Waals surface area contributed by atoms with Gasteiger partial charge in [0, 0.05) is 24.8 Å². The van der Waals surface area contributed by atoms with E-state index in [2.05, 4.69) is 10.6 Å². The van der Waals surface area contributed by atoms with Gasteiger partial charge in [-0.05, 0) is 66.9 Å². The van der Waals surface area contributed by atoms with Crippen molar-refractivity contribution >= 4 is 5.91 Å². The van der Waals surface area contributed by atoms with E-state index in [1.807, 2.05) is 18.2 Å². The first-order chi connectivity index (χ1) is 12.2. The number of hydrogen-bond acceptors (Lipinski definition) is 3. The Balaban J connectivity index is 1.66. The number of carbonyl (C=O) groups excluding carboxylic acids is 1. The molecule has 0 radical (unpaired) electrons. The summed E-state index contributed by atoms with van der Waals surface area (Å²) in [6, 6.07) is 10.7. The van der Waals surface area contributed by atoms with Crippen LogP contribution in [-0.4, -0.2) is 26.1 Å². The second-order valence-electron chi connectivity index (χ2n) is 6.27. The molecule has 132 valence electrons. The molecule has 25 heavy (non-hydrogen) atoms. The van der Waals surface area contributed by atoms with Crippen molar-refractivity contribution < 1.29 is 13.9 Å². The first kappa shape index (κ1) is 17.6. The van der Waals surface area contributed by atoms with Crippen LogP contribution in [0.25, 0.3) is 0 Å². The monoisotopic (exact) mass is 342 g/mol. The molecule has 0 saturated heterocycles. The largest absolute Gasteiger partial charge is 0.380 e. The van der Waals surface area contributed by atoms with E-state index in [1.54, 1.807) is 12.1 Å². The van der Waals surface area contributed by atoms with Crippen molar-refractivity contribution in [2.24, 2.45) is 0 Å². The Hall–Kier alpha value is -2.24. The molecule has 0 unspecified atom stereocenters. The molecule has 1 aliphatic rings. The molecular formula is C20H23FN2O2. The Morgan fingerprint density at radius 1 is 1.16 bits per heavy atom. The van der Waals surface area contributed by atoms with Crippen LogP contribution in [0.3, 0.4) is 0 Å². The van der Waals surface area contributed by atoms with E-state index in [1.165, 1.54) is 24.3 Å². The van der Waals surface area contributed by atoms with Crippen molar-refractivity contribution in [3.8, 4) is 0 Å². The van der Waals surface area contributed by atoms with Crippen LogP contribution in [0, 0.1) is 5.82 Å². The molecule has 0 saturated carbocycles. The normalized spacial score (nSPS) is 13.8. The van der Waals surface area contributed by atoms with E-state index in [-0.39, 0.29) is 18.3 Å². The van der Waals surface area contributed by atoms with E-state index in [0.29, 0.717) is 17.7 Å². The standard InChI is InChI=1S/C20H23FN2O2/c1-25-13-18-10-14(2-5-19(18)21)12-23-20(24)17-4-3-15-6-8-22-9-7-16(15)11-17/h2-5,10-11,22H,6-9,12-13H2,1H3,(H,23,24). The van der Waals surface area contributed by atoms with E-state index in [9.17, 15) is 9.18 Å². The van der Waals surface area contributed by atoms with Crippen molar-refractivity contribution in [1.29, 1.82) is 0 Å². The Kier molecular flexibility index (Phi) is 5.79.